The summed E-state index contributed by atoms with van der Waals surface area (Å²) in [6, 6.07) is 11.7. The van der Waals surface area contributed by atoms with E-state index < -0.39 is 0 Å². The highest BCUT2D eigenvalue weighted by molar-refractivity contribution is 5.89. The van der Waals surface area contributed by atoms with Crippen molar-refractivity contribution in [2.24, 2.45) is 0 Å². The molecular weight excluding hydrogens is 392 g/mol. The van der Waals surface area contributed by atoms with Gasteiger partial charge < -0.3 is 20.5 Å². The highest BCUT2D eigenvalue weighted by Gasteiger charge is 2.12. The predicted octanol–water partition coefficient (Wildman–Crippen LogP) is 3.26. The number of hydrogen-bond donors (Lipinski definition) is 2. The van der Waals surface area contributed by atoms with Crippen molar-refractivity contribution in [2.75, 3.05) is 31.8 Å². The number of benzene rings is 1. The lowest BCUT2D eigenvalue weighted by atomic mass is 10.0. The zero-order chi connectivity index (χ0) is 21.6. The molecule has 8 heteroatoms. The average molecular weight is 416 g/mol. The molecule has 3 N–H and O–H groups in total. The first-order valence-electron chi connectivity index (χ1n) is 9.92. The van der Waals surface area contributed by atoms with E-state index in [0.717, 1.165) is 34.4 Å². The van der Waals surface area contributed by atoms with E-state index in [1.165, 1.54) is 5.56 Å². The smallest absolute Gasteiger partial charge is 0.226 e. The molecule has 1 aromatic carbocycles. The zero-order valence-corrected chi connectivity index (χ0v) is 17.5. The van der Waals surface area contributed by atoms with Crippen LogP contribution in [0, 0.1) is 0 Å². The first-order valence-corrected chi connectivity index (χ1v) is 9.92. The van der Waals surface area contributed by atoms with Crippen molar-refractivity contribution in [1.29, 1.82) is 0 Å². The Morgan fingerprint density at radius 2 is 1.65 bits per heavy atom. The third-order valence-electron chi connectivity index (χ3n) is 4.96. The number of aromatic nitrogens is 4. The van der Waals surface area contributed by atoms with Crippen LogP contribution in [0.4, 0.5) is 11.8 Å². The van der Waals surface area contributed by atoms with Gasteiger partial charge in [-0.25, -0.2) is 4.98 Å². The summed E-state index contributed by atoms with van der Waals surface area (Å²) in [5.41, 5.74) is 10.1. The Morgan fingerprint density at radius 3 is 2.35 bits per heavy atom. The van der Waals surface area contributed by atoms with E-state index in [1.54, 1.807) is 32.8 Å². The summed E-state index contributed by atoms with van der Waals surface area (Å²) in [5, 5.41) is 3.98. The van der Waals surface area contributed by atoms with Crippen LogP contribution in [0.2, 0.25) is 0 Å². The van der Waals surface area contributed by atoms with Crippen LogP contribution in [-0.2, 0) is 12.8 Å². The SMILES string of the molecule is COc1cc(Cc2ccnc3nc(NCCc4ccncc4)nc(N)c23)cc(OC)c1. The maximum absolute atomic E-state index is 6.32. The van der Waals surface area contributed by atoms with Crippen LogP contribution in [0.5, 0.6) is 11.5 Å². The highest BCUT2D eigenvalue weighted by Crippen LogP contribution is 2.28. The van der Waals surface area contributed by atoms with Gasteiger partial charge in [0.25, 0.3) is 0 Å². The van der Waals surface area contributed by atoms with E-state index in [2.05, 4.69) is 25.3 Å². The molecule has 0 unspecified atom stereocenters. The van der Waals surface area contributed by atoms with E-state index in [-0.39, 0.29) is 0 Å². The maximum atomic E-state index is 6.32. The highest BCUT2D eigenvalue weighted by atomic mass is 16.5. The summed E-state index contributed by atoms with van der Waals surface area (Å²) >= 11 is 0. The Balaban J connectivity index is 1.57. The Labute approximate surface area is 180 Å². The molecule has 0 fully saturated rings. The Morgan fingerprint density at radius 1 is 0.903 bits per heavy atom. The van der Waals surface area contributed by atoms with Gasteiger partial charge in [-0.15, -0.1) is 0 Å². The van der Waals surface area contributed by atoms with Crippen molar-refractivity contribution in [3.05, 3.63) is 71.7 Å². The number of nitrogens with one attached hydrogen (secondary N) is 1. The Hall–Kier alpha value is -3.94. The maximum Gasteiger partial charge on any atom is 0.226 e. The second-order valence-corrected chi connectivity index (χ2v) is 7.03. The topological polar surface area (TPSA) is 108 Å². The van der Waals surface area contributed by atoms with Crippen LogP contribution < -0.4 is 20.5 Å². The van der Waals surface area contributed by atoms with Gasteiger partial charge in [0.2, 0.25) is 5.95 Å². The van der Waals surface area contributed by atoms with Gasteiger partial charge in [0.05, 0.1) is 19.6 Å². The van der Waals surface area contributed by atoms with E-state index in [9.17, 15) is 0 Å². The normalized spacial score (nSPS) is 10.8. The van der Waals surface area contributed by atoms with Crippen molar-refractivity contribution >= 4 is 22.8 Å². The molecule has 4 rings (SSSR count). The van der Waals surface area contributed by atoms with Crippen LogP contribution in [0.15, 0.2) is 55.0 Å². The van der Waals surface area contributed by atoms with Gasteiger partial charge in [-0.3, -0.25) is 4.98 Å². The number of nitrogen functional groups attached to an aromatic ring is 1. The fraction of sp³-hybridized carbons (Fsp3) is 0.217. The molecule has 8 nitrogen and oxygen atoms in total. The second-order valence-electron chi connectivity index (χ2n) is 7.03. The molecular formula is C23H24N6O2. The molecule has 0 spiro atoms. The predicted molar refractivity (Wildman–Crippen MR) is 121 cm³/mol. The lowest BCUT2D eigenvalue weighted by molar-refractivity contribution is 0.393. The van der Waals surface area contributed by atoms with Gasteiger partial charge in [0, 0.05) is 31.2 Å². The molecule has 3 aromatic heterocycles. The number of nitrogens with two attached hydrogens (primary N) is 1. The van der Waals surface area contributed by atoms with Gasteiger partial charge in [-0.05, 0) is 59.9 Å². The third kappa shape index (κ3) is 4.80. The number of pyridine rings is 2. The molecule has 0 saturated heterocycles. The minimum atomic E-state index is 0.398. The quantitative estimate of drug-likeness (QED) is 0.451. The average Bonchev–Trinajstić information content (AvgIpc) is 2.79. The first kappa shape index (κ1) is 20.3. The van der Waals surface area contributed by atoms with Crippen LogP contribution in [0.25, 0.3) is 11.0 Å². The van der Waals surface area contributed by atoms with Crippen molar-refractivity contribution in [1.82, 2.24) is 19.9 Å². The standard InChI is InChI=1S/C23H24N6O2/c1-30-18-12-16(13-19(14-18)31-2)11-17-6-10-26-22-20(17)21(24)28-23(29-22)27-9-5-15-3-7-25-8-4-15/h3-4,6-8,10,12-14H,5,9,11H2,1-2H3,(H3,24,26,27,28,29). The molecule has 4 aromatic rings. The number of rotatable bonds is 8. The fourth-order valence-electron chi connectivity index (χ4n) is 3.43. The van der Waals surface area contributed by atoms with Crippen molar-refractivity contribution in [3.63, 3.8) is 0 Å². The van der Waals surface area contributed by atoms with Crippen LogP contribution >= 0.6 is 0 Å². The minimum Gasteiger partial charge on any atom is -0.497 e. The third-order valence-corrected chi connectivity index (χ3v) is 4.96. The number of anilines is 2. The van der Waals surface area contributed by atoms with Crippen LogP contribution in [0.1, 0.15) is 16.7 Å². The van der Waals surface area contributed by atoms with Crippen molar-refractivity contribution in [3.8, 4) is 11.5 Å². The molecule has 0 radical (unpaired) electrons. The largest absolute Gasteiger partial charge is 0.497 e. The summed E-state index contributed by atoms with van der Waals surface area (Å²) in [6.45, 7) is 0.679. The Kier molecular flexibility index (Phi) is 6.07. The van der Waals surface area contributed by atoms with Crippen LogP contribution in [0.3, 0.4) is 0 Å². The molecule has 158 valence electrons. The van der Waals surface area contributed by atoms with Crippen molar-refractivity contribution < 1.29 is 9.47 Å². The summed E-state index contributed by atoms with van der Waals surface area (Å²) in [7, 11) is 3.27. The fourth-order valence-corrected chi connectivity index (χ4v) is 3.43. The monoisotopic (exact) mass is 416 g/mol. The van der Waals surface area contributed by atoms with Gasteiger partial charge >= 0.3 is 0 Å². The molecule has 0 amide bonds. The van der Waals surface area contributed by atoms with Gasteiger partial charge in [-0.2, -0.15) is 9.97 Å². The lowest BCUT2D eigenvalue weighted by Crippen LogP contribution is -2.10. The summed E-state index contributed by atoms with van der Waals surface area (Å²) in [6.07, 6.45) is 6.75. The molecule has 0 atom stereocenters. The van der Waals surface area contributed by atoms with Crippen molar-refractivity contribution in [2.45, 2.75) is 12.8 Å². The minimum absolute atomic E-state index is 0.398. The molecule has 0 aliphatic carbocycles. The first-order chi connectivity index (χ1) is 15.2. The van der Waals surface area contributed by atoms with Crippen LogP contribution in [-0.4, -0.2) is 40.7 Å². The molecule has 0 saturated carbocycles. The Bertz CT molecular complexity index is 1160. The van der Waals surface area contributed by atoms with E-state index in [1.807, 2.05) is 36.4 Å². The zero-order valence-electron chi connectivity index (χ0n) is 17.5. The summed E-state index contributed by atoms with van der Waals surface area (Å²) < 4.78 is 10.8. The summed E-state index contributed by atoms with van der Waals surface area (Å²) in [5.74, 6) is 2.33. The van der Waals surface area contributed by atoms with Gasteiger partial charge in [0.15, 0.2) is 5.65 Å². The van der Waals surface area contributed by atoms with E-state index >= 15 is 0 Å². The molecule has 0 bridgehead atoms. The molecule has 3 heterocycles. The van der Waals surface area contributed by atoms with E-state index in [0.29, 0.717) is 30.4 Å². The van der Waals surface area contributed by atoms with Gasteiger partial charge in [-0.1, -0.05) is 0 Å². The molecule has 31 heavy (non-hydrogen) atoms. The number of methoxy groups -OCH3 is 2. The second kappa shape index (κ2) is 9.25. The summed E-state index contributed by atoms with van der Waals surface area (Å²) in [4.78, 5) is 17.5. The number of nitrogens with zero attached hydrogens (tertiary/aromatic N) is 4. The molecule has 0 aliphatic rings. The number of ether oxygens (including phenoxy) is 2. The van der Waals surface area contributed by atoms with E-state index in [4.69, 9.17) is 15.2 Å². The number of hydrogen-bond acceptors (Lipinski definition) is 8. The van der Waals surface area contributed by atoms with Gasteiger partial charge in [0.1, 0.15) is 17.3 Å². The number of fused-ring (bicyclic) bond motifs is 1. The lowest BCUT2D eigenvalue weighted by Gasteiger charge is -2.12. The molecule has 0 aliphatic heterocycles.